The fourth-order valence-corrected chi connectivity index (χ4v) is 4.79. The van der Waals surface area contributed by atoms with Crippen molar-refractivity contribution >= 4 is 27.3 Å². The summed E-state index contributed by atoms with van der Waals surface area (Å²) in [6, 6.07) is 3.58. The van der Waals surface area contributed by atoms with Crippen LogP contribution < -0.4 is 4.72 Å². The van der Waals surface area contributed by atoms with Crippen molar-refractivity contribution < 1.29 is 17.9 Å². The van der Waals surface area contributed by atoms with Gasteiger partial charge in [-0.25, -0.2) is 13.1 Å². The molecule has 2 atom stereocenters. The van der Waals surface area contributed by atoms with Crippen molar-refractivity contribution in [1.82, 2.24) is 9.62 Å². The third-order valence-corrected chi connectivity index (χ3v) is 5.83. The number of carbonyl (C=O) groups excluding carboxylic acids is 1. The number of hydrogen-bond donors (Lipinski definition) is 1. The van der Waals surface area contributed by atoms with E-state index in [1.165, 1.54) is 17.6 Å². The first kappa shape index (κ1) is 15.9. The maximum atomic E-state index is 12.4. The minimum absolute atomic E-state index is 0.0358. The highest BCUT2D eigenvalue weighted by Crippen LogP contribution is 2.35. The van der Waals surface area contributed by atoms with Crippen LogP contribution in [-0.2, 0) is 14.8 Å². The van der Waals surface area contributed by atoms with Crippen LogP contribution in [0.1, 0.15) is 28.9 Å². The summed E-state index contributed by atoms with van der Waals surface area (Å²) < 4.78 is 31.4. The molecule has 22 heavy (non-hydrogen) atoms. The number of hydrogen-bond acceptors (Lipinski definition) is 5. The molecule has 1 aromatic rings. The molecule has 2 aliphatic rings. The summed E-state index contributed by atoms with van der Waals surface area (Å²) in [4.78, 5) is 15.0. The van der Waals surface area contributed by atoms with E-state index in [-0.39, 0.29) is 11.9 Å². The van der Waals surface area contributed by atoms with Crippen LogP contribution in [0.25, 0.3) is 0 Å². The zero-order valence-electron chi connectivity index (χ0n) is 12.4. The van der Waals surface area contributed by atoms with E-state index in [9.17, 15) is 13.2 Å². The van der Waals surface area contributed by atoms with Crippen LogP contribution in [-0.4, -0.2) is 56.8 Å². The van der Waals surface area contributed by atoms with Crippen LogP contribution in [0, 0.1) is 0 Å². The molecule has 0 unspecified atom stereocenters. The Morgan fingerprint density at radius 3 is 3.05 bits per heavy atom. The summed E-state index contributed by atoms with van der Waals surface area (Å²) in [7, 11) is -3.22. The minimum Gasteiger partial charge on any atom is -0.373 e. The van der Waals surface area contributed by atoms with Crippen molar-refractivity contribution in [2.24, 2.45) is 0 Å². The molecule has 1 spiro atoms. The fourth-order valence-electron chi connectivity index (χ4n) is 3.29. The topological polar surface area (TPSA) is 75.7 Å². The quantitative estimate of drug-likeness (QED) is 0.890. The van der Waals surface area contributed by atoms with Gasteiger partial charge < -0.3 is 9.64 Å². The summed E-state index contributed by atoms with van der Waals surface area (Å²) in [6.07, 6.45) is 3.23. The van der Waals surface area contributed by atoms with E-state index < -0.39 is 15.6 Å². The molecule has 0 aromatic carbocycles. The molecule has 0 radical (unpaired) electrons. The van der Waals surface area contributed by atoms with Crippen molar-refractivity contribution in [1.29, 1.82) is 0 Å². The molecule has 2 saturated heterocycles. The SMILES string of the molecule is CS(=O)(=O)N[C@H]1CCO[C@@]2(CCN(C(=O)c3cccs3)C2)C1. The first-order valence-corrected chi connectivity index (χ1v) is 10.1. The molecule has 1 amide bonds. The van der Waals surface area contributed by atoms with Crippen LogP contribution >= 0.6 is 11.3 Å². The number of sulfonamides is 1. The number of likely N-dealkylation sites (tertiary alicyclic amines) is 1. The molecular formula is C14H20N2O4S2. The maximum Gasteiger partial charge on any atom is 0.264 e. The second-order valence-electron chi connectivity index (χ2n) is 6.07. The van der Waals surface area contributed by atoms with Gasteiger partial charge in [-0.15, -0.1) is 11.3 Å². The number of carbonyl (C=O) groups is 1. The number of thiophene rings is 1. The lowest BCUT2D eigenvalue weighted by Crippen LogP contribution is -2.50. The van der Waals surface area contributed by atoms with Crippen LogP contribution in [0.2, 0.25) is 0 Å². The third kappa shape index (κ3) is 3.51. The third-order valence-electron chi connectivity index (χ3n) is 4.21. The Morgan fingerprint density at radius 2 is 2.36 bits per heavy atom. The first-order chi connectivity index (χ1) is 10.4. The Morgan fingerprint density at radius 1 is 1.55 bits per heavy atom. The molecule has 6 nitrogen and oxygen atoms in total. The molecule has 0 aliphatic carbocycles. The van der Waals surface area contributed by atoms with Gasteiger partial charge in [-0.1, -0.05) is 6.07 Å². The summed E-state index contributed by atoms with van der Waals surface area (Å²) in [5, 5.41) is 1.89. The van der Waals surface area contributed by atoms with Gasteiger partial charge in [-0.2, -0.15) is 0 Å². The number of nitrogens with zero attached hydrogens (tertiary/aromatic N) is 1. The number of nitrogens with one attached hydrogen (secondary N) is 1. The highest BCUT2D eigenvalue weighted by atomic mass is 32.2. The van der Waals surface area contributed by atoms with Crippen LogP contribution in [0.4, 0.5) is 0 Å². The van der Waals surface area contributed by atoms with Crippen molar-refractivity contribution in [2.75, 3.05) is 26.0 Å². The Labute approximate surface area is 134 Å². The summed E-state index contributed by atoms with van der Waals surface area (Å²) in [5.41, 5.74) is -0.409. The second kappa shape index (κ2) is 5.92. The van der Waals surface area contributed by atoms with Gasteiger partial charge in [0.2, 0.25) is 10.0 Å². The molecule has 3 rings (SSSR count). The molecule has 8 heteroatoms. The van der Waals surface area contributed by atoms with Crippen LogP contribution in [0.5, 0.6) is 0 Å². The van der Waals surface area contributed by atoms with Gasteiger partial charge in [-0.3, -0.25) is 4.79 Å². The number of rotatable bonds is 3. The van der Waals surface area contributed by atoms with E-state index in [0.29, 0.717) is 32.5 Å². The molecule has 0 bridgehead atoms. The van der Waals surface area contributed by atoms with Gasteiger partial charge in [0, 0.05) is 19.2 Å². The molecule has 1 aromatic heterocycles. The lowest BCUT2D eigenvalue weighted by Gasteiger charge is -2.38. The van der Waals surface area contributed by atoms with E-state index in [4.69, 9.17) is 4.74 Å². The molecule has 122 valence electrons. The van der Waals surface area contributed by atoms with Crippen molar-refractivity contribution in [3.63, 3.8) is 0 Å². The van der Waals surface area contributed by atoms with Gasteiger partial charge >= 0.3 is 0 Å². The highest BCUT2D eigenvalue weighted by molar-refractivity contribution is 7.88. The predicted octanol–water partition coefficient (Wildman–Crippen LogP) is 1.06. The largest absolute Gasteiger partial charge is 0.373 e. The summed E-state index contributed by atoms with van der Waals surface area (Å²) in [5.74, 6) is 0.0358. The van der Waals surface area contributed by atoms with E-state index >= 15 is 0 Å². The van der Waals surface area contributed by atoms with E-state index in [0.717, 1.165) is 11.3 Å². The van der Waals surface area contributed by atoms with E-state index in [2.05, 4.69) is 4.72 Å². The predicted molar refractivity (Wildman–Crippen MR) is 84.5 cm³/mol. The normalized spacial score (nSPS) is 29.1. The first-order valence-electron chi connectivity index (χ1n) is 7.31. The van der Waals surface area contributed by atoms with Gasteiger partial charge in [0.25, 0.3) is 5.91 Å². The lowest BCUT2D eigenvalue weighted by molar-refractivity contribution is -0.0763. The van der Waals surface area contributed by atoms with Gasteiger partial charge in [0.1, 0.15) is 0 Å². The van der Waals surface area contributed by atoms with Gasteiger partial charge in [-0.05, 0) is 30.7 Å². The zero-order chi connectivity index (χ0) is 15.8. The highest BCUT2D eigenvalue weighted by Gasteiger charge is 2.45. The molecule has 1 N–H and O–H groups in total. The van der Waals surface area contributed by atoms with Gasteiger partial charge in [0.15, 0.2) is 0 Å². The van der Waals surface area contributed by atoms with Crippen molar-refractivity contribution in [3.8, 4) is 0 Å². The zero-order valence-corrected chi connectivity index (χ0v) is 14.1. The average Bonchev–Trinajstić information content (AvgIpc) is 3.06. The Bertz CT molecular complexity index is 644. The monoisotopic (exact) mass is 344 g/mol. The van der Waals surface area contributed by atoms with E-state index in [1.54, 1.807) is 0 Å². The van der Waals surface area contributed by atoms with E-state index in [1.807, 2.05) is 22.4 Å². The molecule has 0 saturated carbocycles. The van der Waals surface area contributed by atoms with Gasteiger partial charge in [0.05, 0.1) is 23.3 Å². The van der Waals surface area contributed by atoms with Crippen molar-refractivity contribution in [3.05, 3.63) is 22.4 Å². The standard InChI is InChI=1S/C14H20N2O4S2/c1-22(18,19)15-11-4-7-20-14(9-11)5-6-16(10-14)13(17)12-3-2-8-21-12/h2-3,8,11,15H,4-7,9-10H2,1H3/t11-,14-/m0/s1. The Balaban J connectivity index is 1.66. The smallest absolute Gasteiger partial charge is 0.264 e. The summed E-state index contributed by atoms with van der Waals surface area (Å²) >= 11 is 1.44. The number of ether oxygens (including phenoxy) is 1. The average molecular weight is 344 g/mol. The van der Waals surface area contributed by atoms with Crippen molar-refractivity contribution in [2.45, 2.75) is 30.9 Å². The number of amides is 1. The van der Waals surface area contributed by atoms with Crippen LogP contribution in [0.15, 0.2) is 17.5 Å². The molecule has 3 heterocycles. The summed E-state index contributed by atoms with van der Waals surface area (Å²) in [6.45, 7) is 1.71. The molecule has 2 aliphatic heterocycles. The van der Waals surface area contributed by atoms with Crippen LogP contribution in [0.3, 0.4) is 0 Å². The Kier molecular flexibility index (Phi) is 4.28. The second-order valence-corrected chi connectivity index (χ2v) is 8.79. The molecule has 2 fully saturated rings. The molecular weight excluding hydrogens is 324 g/mol. The Hall–Kier alpha value is -0.960. The maximum absolute atomic E-state index is 12.4. The fraction of sp³-hybridized carbons (Fsp3) is 0.643. The lowest BCUT2D eigenvalue weighted by atomic mass is 9.90. The minimum atomic E-state index is -3.22.